The molecule has 0 aromatic rings. The maximum Gasteiger partial charge on any atom is 0.187 e. The number of hydrogen-bond donors (Lipinski definition) is 4. The van der Waals surface area contributed by atoms with E-state index in [1.165, 1.54) is 11.1 Å². The van der Waals surface area contributed by atoms with E-state index in [0.717, 1.165) is 12.8 Å². The Morgan fingerprint density at radius 1 is 1.23 bits per heavy atom. The van der Waals surface area contributed by atoms with Crippen molar-refractivity contribution in [1.82, 2.24) is 0 Å². The molecule has 0 radical (unpaired) electrons. The van der Waals surface area contributed by atoms with Gasteiger partial charge < -0.3 is 34.7 Å². The third-order valence-electron chi connectivity index (χ3n) is 5.75. The number of carbonyl (C=O) groups is 1. The lowest BCUT2D eigenvalue weighted by molar-refractivity contribution is -0.318. The third kappa shape index (κ3) is 4.35. The first-order chi connectivity index (χ1) is 12.1. The Balaban J connectivity index is 2.14. The minimum absolute atomic E-state index is 0.137. The molecule has 2 aliphatic rings. The van der Waals surface area contributed by atoms with E-state index in [1.54, 1.807) is 6.92 Å². The summed E-state index contributed by atoms with van der Waals surface area (Å²) < 4.78 is 11.5. The van der Waals surface area contributed by atoms with Gasteiger partial charge in [0.2, 0.25) is 0 Å². The first-order valence-electron chi connectivity index (χ1n) is 9.24. The zero-order valence-corrected chi connectivity index (χ0v) is 16.0. The lowest BCUT2D eigenvalue weighted by atomic mass is 9.69. The number of ether oxygens (including phenoxy) is 2. The minimum atomic E-state index is -1.45. The molecule has 0 unspecified atom stereocenters. The van der Waals surface area contributed by atoms with E-state index in [1.807, 2.05) is 13.8 Å². The summed E-state index contributed by atoms with van der Waals surface area (Å²) in [5.74, 6) is 0.137. The molecule has 1 fully saturated rings. The van der Waals surface area contributed by atoms with Gasteiger partial charge in [0.15, 0.2) is 6.29 Å². The van der Waals surface area contributed by atoms with E-state index >= 15 is 0 Å². The summed E-state index contributed by atoms with van der Waals surface area (Å²) in [5.41, 5.74) is 2.06. The van der Waals surface area contributed by atoms with Gasteiger partial charge in [0.25, 0.3) is 0 Å². The zero-order valence-electron chi connectivity index (χ0n) is 16.0. The van der Waals surface area contributed by atoms with Gasteiger partial charge in [0.1, 0.15) is 30.2 Å². The molecule has 0 aromatic heterocycles. The highest BCUT2D eigenvalue weighted by Gasteiger charge is 2.47. The Morgan fingerprint density at radius 3 is 2.46 bits per heavy atom. The number of rotatable bonds is 6. The average molecular weight is 372 g/mol. The van der Waals surface area contributed by atoms with Gasteiger partial charge in [-0.05, 0) is 33.1 Å². The molecule has 7 heteroatoms. The van der Waals surface area contributed by atoms with Gasteiger partial charge in [-0.15, -0.1) is 0 Å². The van der Waals surface area contributed by atoms with Crippen LogP contribution in [0.4, 0.5) is 0 Å². The van der Waals surface area contributed by atoms with Gasteiger partial charge >= 0.3 is 0 Å². The van der Waals surface area contributed by atoms with Crippen LogP contribution in [0.25, 0.3) is 0 Å². The second-order valence-electron chi connectivity index (χ2n) is 8.04. The number of carbonyl (C=O) groups excluding carboxylic acids is 1. The number of aliphatic hydroxyl groups excluding tert-OH is 4. The molecule has 1 heterocycles. The van der Waals surface area contributed by atoms with Gasteiger partial charge in [0, 0.05) is 11.8 Å². The third-order valence-corrected chi connectivity index (χ3v) is 5.75. The molecule has 26 heavy (non-hydrogen) atoms. The predicted molar refractivity (Wildman–Crippen MR) is 94.3 cm³/mol. The molecule has 0 saturated carbocycles. The molecule has 1 aliphatic heterocycles. The first kappa shape index (κ1) is 21.5. The fourth-order valence-corrected chi connectivity index (χ4v) is 4.02. The topological polar surface area (TPSA) is 116 Å². The van der Waals surface area contributed by atoms with Gasteiger partial charge in [0.05, 0.1) is 12.7 Å². The van der Waals surface area contributed by atoms with Crippen molar-refractivity contribution in [2.45, 2.75) is 90.2 Å². The number of ketones is 1. The smallest absolute Gasteiger partial charge is 0.187 e. The lowest BCUT2D eigenvalue weighted by Crippen LogP contribution is -2.60. The molecule has 1 saturated heterocycles. The maximum absolute atomic E-state index is 11.4. The highest BCUT2D eigenvalue weighted by atomic mass is 16.7. The van der Waals surface area contributed by atoms with E-state index in [0.29, 0.717) is 12.8 Å². The summed E-state index contributed by atoms with van der Waals surface area (Å²) in [5, 5.41) is 39.4. The van der Waals surface area contributed by atoms with Crippen LogP contribution in [0.15, 0.2) is 11.1 Å². The van der Waals surface area contributed by atoms with Crippen LogP contribution < -0.4 is 0 Å². The van der Waals surface area contributed by atoms with Gasteiger partial charge in [-0.2, -0.15) is 0 Å². The van der Waals surface area contributed by atoms with Gasteiger partial charge in [-0.1, -0.05) is 25.0 Å². The molecule has 2 rings (SSSR count). The normalized spacial score (nSPS) is 37.7. The second-order valence-corrected chi connectivity index (χ2v) is 8.04. The summed E-state index contributed by atoms with van der Waals surface area (Å²) in [6.45, 7) is 7.25. The monoisotopic (exact) mass is 372 g/mol. The molecule has 0 bridgehead atoms. The van der Waals surface area contributed by atoms with Crippen LogP contribution in [0.3, 0.4) is 0 Å². The quantitative estimate of drug-likeness (QED) is 0.507. The van der Waals surface area contributed by atoms with Gasteiger partial charge in [-0.25, -0.2) is 0 Å². The highest BCUT2D eigenvalue weighted by Crippen LogP contribution is 2.45. The second kappa shape index (κ2) is 8.46. The molecule has 0 amide bonds. The Kier molecular flexibility index (Phi) is 6.98. The van der Waals surface area contributed by atoms with Crippen LogP contribution in [-0.2, 0) is 14.3 Å². The fourth-order valence-electron chi connectivity index (χ4n) is 4.02. The van der Waals surface area contributed by atoms with Crippen molar-refractivity contribution >= 4 is 5.78 Å². The standard InChI is InChI=1S/C19H32O7/c1-10-5-8-14(19(3,4)12(10)7-6-11(2)21)26-18-17(24)16(23)15(22)13(9-20)25-18/h13-18,20,22-24H,5-9H2,1-4H3/t13-,14+,15+,16+,17-,18-/m0/s1. The number of allylic oxidation sites excluding steroid dienone is 1. The van der Waals surface area contributed by atoms with Crippen LogP contribution in [0.2, 0.25) is 0 Å². The predicted octanol–water partition coefficient (Wildman–Crippen LogP) is 0.677. The van der Waals surface area contributed by atoms with E-state index < -0.39 is 37.3 Å². The summed E-state index contributed by atoms with van der Waals surface area (Å²) in [4.78, 5) is 11.4. The summed E-state index contributed by atoms with van der Waals surface area (Å²) in [6, 6.07) is 0. The number of aliphatic hydroxyl groups is 4. The van der Waals surface area contributed by atoms with Crippen LogP contribution in [-0.4, -0.2) is 69.6 Å². The largest absolute Gasteiger partial charge is 0.394 e. The van der Waals surface area contributed by atoms with Crippen molar-refractivity contribution in [3.05, 3.63) is 11.1 Å². The van der Waals surface area contributed by atoms with Crippen LogP contribution in [0, 0.1) is 5.41 Å². The minimum Gasteiger partial charge on any atom is -0.394 e. The van der Waals surface area contributed by atoms with E-state index in [-0.39, 0.29) is 17.3 Å². The van der Waals surface area contributed by atoms with Crippen molar-refractivity contribution < 1.29 is 34.7 Å². The number of Topliss-reactive ketones (excluding diaryl/α,β-unsaturated/α-hetero) is 1. The van der Waals surface area contributed by atoms with Crippen molar-refractivity contribution in [2.75, 3.05) is 6.61 Å². The first-order valence-corrected chi connectivity index (χ1v) is 9.24. The van der Waals surface area contributed by atoms with Crippen molar-refractivity contribution in [2.24, 2.45) is 5.41 Å². The molecule has 0 spiro atoms. The van der Waals surface area contributed by atoms with E-state index in [2.05, 4.69) is 6.92 Å². The molecule has 0 aromatic carbocycles. The molecule has 150 valence electrons. The van der Waals surface area contributed by atoms with Crippen LogP contribution in [0.1, 0.15) is 53.4 Å². The molecule has 4 N–H and O–H groups in total. The SMILES string of the molecule is CC(=O)CCC1=C(C)CC[C@@H](O[C@@H]2O[C@@H](CO)[C@@H](O)[C@@H](O)[C@@H]2O)C1(C)C. The van der Waals surface area contributed by atoms with Crippen LogP contribution in [0.5, 0.6) is 0 Å². The van der Waals surface area contributed by atoms with Crippen LogP contribution >= 0.6 is 0 Å². The zero-order chi connectivity index (χ0) is 19.6. The molecular weight excluding hydrogens is 340 g/mol. The summed E-state index contributed by atoms with van der Waals surface area (Å²) >= 11 is 0. The molecular formula is C19H32O7. The van der Waals surface area contributed by atoms with Crippen molar-refractivity contribution in [3.63, 3.8) is 0 Å². The Labute approximate surface area is 154 Å². The maximum atomic E-state index is 11.4. The number of hydrogen-bond acceptors (Lipinski definition) is 7. The molecule has 6 atom stereocenters. The van der Waals surface area contributed by atoms with E-state index in [4.69, 9.17) is 9.47 Å². The Hall–Kier alpha value is -0.830. The van der Waals surface area contributed by atoms with Gasteiger partial charge in [-0.3, -0.25) is 0 Å². The summed E-state index contributed by atoms with van der Waals surface area (Å²) in [6.07, 6.45) is -3.98. The molecule has 1 aliphatic carbocycles. The average Bonchev–Trinajstić information content (AvgIpc) is 2.56. The Bertz CT molecular complexity index is 540. The van der Waals surface area contributed by atoms with Crippen molar-refractivity contribution in [1.29, 1.82) is 0 Å². The van der Waals surface area contributed by atoms with Crippen molar-refractivity contribution in [3.8, 4) is 0 Å². The summed E-state index contributed by atoms with van der Waals surface area (Å²) in [7, 11) is 0. The molecule has 7 nitrogen and oxygen atoms in total. The fraction of sp³-hybridized carbons (Fsp3) is 0.842. The highest BCUT2D eigenvalue weighted by molar-refractivity contribution is 5.75. The lowest BCUT2D eigenvalue weighted by Gasteiger charge is -2.46. The Morgan fingerprint density at radius 2 is 1.88 bits per heavy atom. The van der Waals surface area contributed by atoms with E-state index in [9.17, 15) is 25.2 Å².